The number of hydrogen-bond acceptors (Lipinski definition) is 3. The monoisotopic (exact) mass is 378 g/mol. The van der Waals surface area contributed by atoms with Crippen molar-refractivity contribution in [3.63, 3.8) is 0 Å². The molecule has 3 N–H and O–H groups in total. The summed E-state index contributed by atoms with van der Waals surface area (Å²) < 4.78 is 38.9. The Morgan fingerprint density at radius 2 is 1.73 bits per heavy atom. The second-order valence-electron chi connectivity index (χ2n) is 6.05. The van der Waals surface area contributed by atoms with Gasteiger partial charge in [0.25, 0.3) is 0 Å². The molecule has 0 spiro atoms. The number of nitrogens with zero attached hydrogens (tertiary/aromatic N) is 2. The molecular weight excluding hydrogens is 355 g/mol. The van der Waals surface area contributed by atoms with Gasteiger partial charge >= 0.3 is 0 Å². The number of sulfonamides is 1. The van der Waals surface area contributed by atoms with Crippen LogP contribution >= 0.6 is 0 Å². The molecule has 2 aromatic rings. The molecule has 0 aliphatic heterocycles. The van der Waals surface area contributed by atoms with Crippen molar-refractivity contribution >= 4 is 21.7 Å². The van der Waals surface area contributed by atoms with Gasteiger partial charge in [-0.1, -0.05) is 6.07 Å². The van der Waals surface area contributed by atoms with E-state index in [1.807, 2.05) is 32.0 Å². The van der Waals surface area contributed by atoms with Crippen molar-refractivity contribution < 1.29 is 12.8 Å². The maximum atomic E-state index is 12.9. The van der Waals surface area contributed by atoms with Crippen molar-refractivity contribution in [2.75, 3.05) is 25.5 Å². The van der Waals surface area contributed by atoms with Crippen LogP contribution in [0.3, 0.4) is 0 Å². The van der Waals surface area contributed by atoms with E-state index >= 15 is 0 Å². The number of aliphatic imine (C=N–C) groups is 1. The first kappa shape index (κ1) is 19.9. The molecule has 2 rings (SSSR count). The zero-order chi connectivity index (χ0) is 19.3. The molecule has 0 saturated carbocycles. The second kappa shape index (κ2) is 8.29. The van der Waals surface area contributed by atoms with E-state index < -0.39 is 15.8 Å². The summed E-state index contributed by atoms with van der Waals surface area (Å²) in [5.74, 6) is -0.274. The van der Waals surface area contributed by atoms with E-state index in [1.54, 1.807) is 0 Å². The largest absolute Gasteiger partial charge is 0.370 e. The molecule has 0 bridgehead atoms. The van der Waals surface area contributed by atoms with Gasteiger partial charge in [-0.15, -0.1) is 0 Å². The number of rotatable bonds is 6. The molecule has 8 heteroatoms. The smallest absolute Gasteiger partial charge is 0.242 e. The predicted octanol–water partition coefficient (Wildman–Crippen LogP) is 2.49. The van der Waals surface area contributed by atoms with E-state index in [1.165, 1.54) is 19.2 Å². The summed E-state index contributed by atoms with van der Waals surface area (Å²) in [6.07, 6.45) is 0. The summed E-state index contributed by atoms with van der Waals surface area (Å²) in [4.78, 5) is 4.19. The number of benzene rings is 2. The van der Waals surface area contributed by atoms with Crippen molar-refractivity contribution in [2.45, 2.75) is 18.7 Å². The number of likely N-dealkylation sites (N-methyl/N-ethyl adjacent to an activating group) is 1. The predicted molar refractivity (Wildman–Crippen MR) is 102 cm³/mol. The van der Waals surface area contributed by atoms with Crippen LogP contribution in [0.4, 0.5) is 10.1 Å². The van der Waals surface area contributed by atoms with E-state index in [2.05, 4.69) is 10.3 Å². The minimum Gasteiger partial charge on any atom is -0.370 e. The van der Waals surface area contributed by atoms with Gasteiger partial charge in [-0.05, 0) is 61.4 Å². The van der Waals surface area contributed by atoms with Crippen LogP contribution in [-0.4, -0.2) is 38.8 Å². The summed E-state index contributed by atoms with van der Waals surface area (Å²) in [6.45, 7) is 4.32. The highest BCUT2D eigenvalue weighted by atomic mass is 32.2. The lowest BCUT2D eigenvalue weighted by atomic mass is 10.1. The number of guanidine groups is 1. The Morgan fingerprint density at radius 3 is 2.31 bits per heavy atom. The van der Waals surface area contributed by atoms with Crippen molar-refractivity contribution in [3.05, 3.63) is 59.4 Å². The maximum absolute atomic E-state index is 12.9. The van der Waals surface area contributed by atoms with Crippen LogP contribution < -0.4 is 11.1 Å². The average molecular weight is 378 g/mol. The van der Waals surface area contributed by atoms with Crippen molar-refractivity contribution in [2.24, 2.45) is 10.7 Å². The Morgan fingerprint density at radius 1 is 1.15 bits per heavy atom. The van der Waals surface area contributed by atoms with E-state index in [4.69, 9.17) is 5.73 Å². The molecule has 0 heterocycles. The lowest BCUT2D eigenvalue weighted by Crippen LogP contribution is -2.30. The Labute approximate surface area is 153 Å². The summed E-state index contributed by atoms with van der Waals surface area (Å²) in [7, 11) is -2.24. The number of aryl methyl sites for hydroxylation is 2. The number of nitrogens with two attached hydrogens (primary N) is 1. The molecule has 26 heavy (non-hydrogen) atoms. The molecule has 2 aromatic carbocycles. The fourth-order valence-electron chi connectivity index (χ4n) is 2.45. The molecule has 0 atom stereocenters. The quantitative estimate of drug-likeness (QED) is 0.597. The highest BCUT2D eigenvalue weighted by molar-refractivity contribution is 7.89. The first-order valence-electron chi connectivity index (χ1n) is 8.05. The first-order chi connectivity index (χ1) is 12.2. The molecule has 0 unspecified atom stereocenters. The van der Waals surface area contributed by atoms with Gasteiger partial charge in [0.2, 0.25) is 10.0 Å². The van der Waals surface area contributed by atoms with Crippen molar-refractivity contribution in [1.82, 2.24) is 4.31 Å². The molecule has 0 aliphatic carbocycles. The molecule has 6 nitrogen and oxygen atoms in total. The minimum absolute atomic E-state index is 0.0340. The Bertz CT molecular complexity index is 876. The third-order valence-electron chi connectivity index (χ3n) is 3.71. The van der Waals surface area contributed by atoms with Crippen LogP contribution in [0, 0.1) is 19.7 Å². The van der Waals surface area contributed by atoms with E-state index in [-0.39, 0.29) is 23.9 Å². The van der Waals surface area contributed by atoms with Crippen molar-refractivity contribution in [3.8, 4) is 0 Å². The second-order valence-corrected chi connectivity index (χ2v) is 8.09. The molecule has 0 aliphatic rings. The van der Waals surface area contributed by atoms with E-state index in [9.17, 15) is 12.8 Å². The minimum atomic E-state index is -3.69. The van der Waals surface area contributed by atoms with Gasteiger partial charge in [-0.2, -0.15) is 4.31 Å². The van der Waals surface area contributed by atoms with Crippen LogP contribution in [0.15, 0.2) is 52.4 Å². The topological polar surface area (TPSA) is 87.8 Å². The molecule has 140 valence electrons. The standard InChI is InChI=1S/C18H23FN4O2S/c1-13-10-14(2)12-16(11-13)22-18(20)21-8-9-23(3)26(24,25)17-6-4-15(19)5-7-17/h4-7,10-12H,8-9H2,1-3H3,(H3,20,21,22). The van der Waals surface area contributed by atoms with E-state index in [0.29, 0.717) is 0 Å². The van der Waals surface area contributed by atoms with E-state index in [0.717, 1.165) is 33.3 Å². The van der Waals surface area contributed by atoms with Crippen LogP contribution in [0.1, 0.15) is 11.1 Å². The summed E-state index contributed by atoms with van der Waals surface area (Å²) in [5, 5.41) is 2.99. The number of halogens is 1. The van der Waals surface area contributed by atoms with Crippen LogP contribution in [0.5, 0.6) is 0 Å². The number of nitrogens with one attached hydrogen (secondary N) is 1. The highest BCUT2D eigenvalue weighted by Crippen LogP contribution is 2.15. The Kier molecular flexibility index (Phi) is 6.33. The van der Waals surface area contributed by atoms with Crippen molar-refractivity contribution in [1.29, 1.82) is 0 Å². The summed E-state index contributed by atoms with van der Waals surface area (Å²) in [5.41, 5.74) is 8.89. The normalized spacial score (nSPS) is 12.4. The van der Waals surface area contributed by atoms with Crippen LogP contribution in [0.2, 0.25) is 0 Å². The molecule has 0 fully saturated rings. The third kappa shape index (κ3) is 5.27. The summed E-state index contributed by atoms with van der Waals surface area (Å²) >= 11 is 0. The zero-order valence-corrected chi connectivity index (χ0v) is 15.8. The highest BCUT2D eigenvalue weighted by Gasteiger charge is 2.20. The average Bonchev–Trinajstić information content (AvgIpc) is 2.54. The third-order valence-corrected chi connectivity index (χ3v) is 5.58. The van der Waals surface area contributed by atoms with Gasteiger partial charge < -0.3 is 11.1 Å². The van der Waals surface area contributed by atoms with Gasteiger partial charge in [-0.25, -0.2) is 12.8 Å². The van der Waals surface area contributed by atoms with Crippen LogP contribution in [-0.2, 0) is 10.0 Å². The zero-order valence-electron chi connectivity index (χ0n) is 15.0. The first-order valence-corrected chi connectivity index (χ1v) is 9.49. The number of hydrogen-bond donors (Lipinski definition) is 2. The summed E-state index contributed by atoms with van der Waals surface area (Å²) in [6, 6.07) is 10.6. The Balaban J connectivity index is 1.96. The fraction of sp³-hybridized carbons (Fsp3) is 0.278. The van der Waals surface area contributed by atoms with Gasteiger partial charge in [0.05, 0.1) is 11.4 Å². The van der Waals surface area contributed by atoms with Gasteiger partial charge in [0.1, 0.15) is 5.82 Å². The van der Waals surface area contributed by atoms with Gasteiger partial charge in [0.15, 0.2) is 5.96 Å². The van der Waals surface area contributed by atoms with Crippen LogP contribution in [0.25, 0.3) is 0 Å². The molecule has 0 saturated heterocycles. The van der Waals surface area contributed by atoms with Gasteiger partial charge in [-0.3, -0.25) is 4.99 Å². The molecular formula is C18H23FN4O2S. The van der Waals surface area contributed by atoms with Gasteiger partial charge in [0, 0.05) is 19.3 Å². The fourth-order valence-corrected chi connectivity index (χ4v) is 3.61. The lowest BCUT2D eigenvalue weighted by Gasteiger charge is -2.16. The molecule has 0 amide bonds. The number of anilines is 1. The molecule has 0 aromatic heterocycles. The lowest BCUT2D eigenvalue weighted by molar-refractivity contribution is 0.477. The SMILES string of the molecule is Cc1cc(C)cc(NC(N)=NCCN(C)S(=O)(=O)c2ccc(F)cc2)c1. The Hall–Kier alpha value is -2.45. The maximum Gasteiger partial charge on any atom is 0.242 e. The molecule has 0 radical (unpaired) electrons.